The number of nitrogens with zero attached hydrogens (tertiary/aromatic N) is 1. The Hall–Kier alpha value is -2.32. The topological polar surface area (TPSA) is 75.4 Å². The molecule has 0 saturated carbocycles. The molecule has 1 aromatic rings. The number of amides is 2. The maximum absolute atomic E-state index is 11.8. The molecule has 0 spiro atoms. The average Bonchev–Trinajstić information content (AvgIpc) is 2.85. The highest BCUT2D eigenvalue weighted by atomic mass is 16.2. The number of terminal acetylenes is 1. The number of hydrogen-bond acceptors (Lipinski definition) is 3. The summed E-state index contributed by atoms with van der Waals surface area (Å²) >= 11 is 0. The van der Waals surface area contributed by atoms with E-state index in [1.165, 1.54) is 0 Å². The van der Waals surface area contributed by atoms with E-state index in [1.54, 1.807) is 23.1 Å². The Morgan fingerprint density at radius 1 is 1.55 bits per heavy atom. The van der Waals surface area contributed by atoms with Gasteiger partial charge in [-0.3, -0.25) is 9.59 Å². The highest BCUT2D eigenvalue weighted by Crippen LogP contribution is 2.24. The number of nitrogens with two attached hydrogens (primary N) is 1. The molecule has 3 N–H and O–H groups in total. The van der Waals surface area contributed by atoms with Gasteiger partial charge in [-0.15, -0.1) is 12.3 Å². The molecule has 2 amide bonds. The Labute approximate surface area is 118 Å². The van der Waals surface area contributed by atoms with Gasteiger partial charge < -0.3 is 16.0 Å². The molecule has 0 radical (unpaired) electrons. The molecule has 1 fully saturated rings. The van der Waals surface area contributed by atoms with Gasteiger partial charge in [-0.1, -0.05) is 6.07 Å². The van der Waals surface area contributed by atoms with Crippen LogP contribution in [0.5, 0.6) is 0 Å². The van der Waals surface area contributed by atoms with E-state index in [-0.39, 0.29) is 18.2 Å². The van der Waals surface area contributed by atoms with Crippen LogP contribution >= 0.6 is 0 Å². The van der Waals surface area contributed by atoms with Crippen molar-refractivity contribution in [3.8, 4) is 12.3 Å². The van der Waals surface area contributed by atoms with E-state index in [0.29, 0.717) is 18.7 Å². The van der Waals surface area contributed by atoms with Crippen LogP contribution in [0.3, 0.4) is 0 Å². The summed E-state index contributed by atoms with van der Waals surface area (Å²) in [5.41, 5.74) is 7.04. The molecule has 1 unspecified atom stereocenters. The van der Waals surface area contributed by atoms with Gasteiger partial charge >= 0.3 is 0 Å². The normalized spacial score (nSPS) is 15.8. The maximum Gasteiger partial charge on any atom is 0.242 e. The van der Waals surface area contributed by atoms with Crippen molar-refractivity contribution in [3.63, 3.8) is 0 Å². The molecule has 1 aromatic carbocycles. The third-order valence-corrected chi connectivity index (χ3v) is 3.17. The largest absolute Gasteiger partial charge is 0.325 e. The van der Waals surface area contributed by atoms with Gasteiger partial charge in [-0.05, 0) is 24.6 Å². The number of carbonyl (C=O) groups is 2. The summed E-state index contributed by atoms with van der Waals surface area (Å²) in [6, 6.07) is 6.44. The van der Waals surface area contributed by atoms with Crippen LogP contribution in [0.25, 0.3) is 0 Å². The van der Waals surface area contributed by atoms with Crippen LogP contribution in [0.1, 0.15) is 19.3 Å². The molecular formula is C15H17N3O2. The first-order valence-corrected chi connectivity index (χ1v) is 6.52. The zero-order valence-electron chi connectivity index (χ0n) is 11.1. The number of carbonyl (C=O) groups excluding carboxylic acids is 2. The first-order valence-electron chi connectivity index (χ1n) is 6.52. The Morgan fingerprint density at radius 3 is 3.00 bits per heavy atom. The Morgan fingerprint density at radius 2 is 2.35 bits per heavy atom. The molecule has 0 bridgehead atoms. The minimum Gasteiger partial charge on any atom is -0.325 e. The van der Waals surface area contributed by atoms with E-state index in [1.807, 2.05) is 6.07 Å². The standard InChI is InChI=1S/C15H17N3O2/c1-2-5-13(16)15(20)17-11-6-3-7-12(10-11)18-9-4-8-14(18)19/h1,3,6-7,10,13H,4-5,8-9,16H2,(H,17,20). The molecule has 1 atom stereocenters. The van der Waals surface area contributed by atoms with Crippen LogP contribution in [0.2, 0.25) is 0 Å². The van der Waals surface area contributed by atoms with E-state index in [0.717, 1.165) is 12.1 Å². The molecule has 0 aliphatic carbocycles. The van der Waals surface area contributed by atoms with Crippen molar-refractivity contribution < 1.29 is 9.59 Å². The first kappa shape index (κ1) is 14.1. The monoisotopic (exact) mass is 271 g/mol. The minimum absolute atomic E-state index is 0.109. The Balaban J connectivity index is 2.08. The number of anilines is 2. The lowest BCUT2D eigenvalue weighted by Crippen LogP contribution is -2.35. The van der Waals surface area contributed by atoms with Crippen molar-refractivity contribution in [2.75, 3.05) is 16.8 Å². The van der Waals surface area contributed by atoms with Gasteiger partial charge in [0.1, 0.15) is 0 Å². The first-order chi connectivity index (χ1) is 9.61. The Bertz CT molecular complexity index is 562. The molecule has 20 heavy (non-hydrogen) atoms. The van der Waals surface area contributed by atoms with Crippen LogP contribution in [0.4, 0.5) is 11.4 Å². The summed E-state index contributed by atoms with van der Waals surface area (Å²) < 4.78 is 0. The van der Waals surface area contributed by atoms with E-state index in [4.69, 9.17) is 12.2 Å². The third-order valence-electron chi connectivity index (χ3n) is 3.17. The molecule has 1 aliphatic heterocycles. The predicted molar refractivity (Wildman–Crippen MR) is 78.1 cm³/mol. The molecule has 1 saturated heterocycles. The summed E-state index contributed by atoms with van der Waals surface area (Å²) in [6.07, 6.45) is 6.76. The van der Waals surface area contributed by atoms with Gasteiger partial charge in [0.2, 0.25) is 11.8 Å². The summed E-state index contributed by atoms with van der Waals surface area (Å²) in [5, 5.41) is 2.71. The van der Waals surface area contributed by atoms with E-state index >= 15 is 0 Å². The summed E-state index contributed by atoms with van der Waals surface area (Å²) in [7, 11) is 0. The van der Waals surface area contributed by atoms with Crippen LogP contribution in [0.15, 0.2) is 24.3 Å². The molecule has 0 aromatic heterocycles. The molecule has 2 rings (SSSR count). The van der Waals surface area contributed by atoms with Gasteiger partial charge in [-0.2, -0.15) is 0 Å². The highest BCUT2D eigenvalue weighted by Gasteiger charge is 2.22. The maximum atomic E-state index is 11.8. The number of hydrogen-bond donors (Lipinski definition) is 2. The van der Waals surface area contributed by atoms with Crippen LogP contribution < -0.4 is 16.0 Å². The van der Waals surface area contributed by atoms with Crippen LogP contribution in [-0.4, -0.2) is 24.4 Å². The van der Waals surface area contributed by atoms with Crippen molar-refractivity contribution in [1.29, 1.82) is 0 Å². The van der Waals surface area contributed by atoms with E-state index < -0.39 is 6.04 Å². The number of nitrogens with one attached hydrogen (secondary N) is 1. The predicted octanol–water partition coefficient (Wildman–Crippen LogP) is 1.10. The lowest BCUT2D eigenvalue weighted by Gasteiger charge is -2.17. The second kappa shape index (κ2) is 6.22. The summed E-state index contributed by atoms with van der Waals surface area (Å²) in [6.45, 7) is 0.715. The zero-order valence-corrected chi connectivity index (χ0v) is 11.1. The SMILES string of the molecule is C#CCC(N)C(=O)Nc1cccc(N2CCCC2=O)c1. The fourth-order valence-electron chi connectivity index (χ4n) is 2.13. The molecule has 104 valence electrons. The molecule has 5 heteroatoms. The van der Waals surface area contributed by atoms with Gasteiger partial charge in [0, 0.05) is 30.8 Å². The van der Waals surface area contributed by atoms with Gasteiger partial charge in [0.05, 0.1) is 6.04 Å². The van der Waals surface area contributed by atoms with Crippen LogP contribution in [-0.2, 0) is 9.59 Å². The van der Waals surface area contributed by atoms with Crippen molar-refractivity contribution in [2.24, 2.45) is 5.73 Å². The highest BCUT2D eigenvalue weighted by molar-refractivity contribution is 5.98. The quantitative estimate of drug-likeness (QED) is 0.805. The van der Waals surface area contributed by atoms with Crippen molar-refractivity contribution in [1.82, 2.24) is 0 Å². The lowest BCUT2D eigenvalue weighted by atomic mass is 10.2. The molecule has 5 nitrogen and oxygen atoms in total. The average molecular weight is 271 g/mol. The smallest absolute Gasteiger partial charge is 0.242 e. The third kappa shape index (κ3) is 3.16. The lowest BCUT2D eigenvalue weighted by molar-refractivity contribution is -0.117. The van der Waals surface area contributed by atoms with E-state index in [9.17, 15) is 9.59 Å². The number of rotatable bonds is 4. The minimum atomic E-state index is -0.725. The summed E-state index contributed by atoms with van der Waals surface area (Å²) in [4.78, 5) is 25.2. The second-order valence-corrected chi connectivity index (χ2v) is 4.70. The van der Waals surface area contributed by atoms with Gasteiger partial charge in [0.25, 0.3) is 0 Å². The fourth-order valence-corrected chi connectivity index (χ4v) is 2.13. The fraction of sp³-hybridized carbons (Fsp3) is 0.333. The summed E-state index contributed by atoms with van der Waals surface area (Å²) in [5.74, 6) is 2.14. The molecule has 1 heterocycles. The van der Waals surface area contributed by atoms with Crippen molar-refractivity contribution >= 4 is 23.2 Å². The van der Waals surface area contributed by atoms with E-state index in [2.05, 4.69) is 11.2 Å². The van der Waals surface area contributed by atoms with Gasteiger partial charge in [0.15, 0.2) is 0 Å². The Kier molecular flexibility index (Phi) is 4.38. The molecular weight excluding hydrogens is 254 g/mol. The van der Waals surface area contributed by atoms with Gasteiger partial charge in [-0.25, -0.2) is 0 Å². The van der Waals surface area contributed by atoms with Crippen LogP contribution in [0, 0.1) is 12.3 Å². The number of benzene rings is 1. The van der Waals surface area contributed by atoms with Crippen molar-refractivity contribution in [3.05, 3.63) is 24.3 Å². The zero-order chi connectivity index (χ0) is 14.5. The molecule has 1 aliphatic rings. The second-order valence-electron chi connectivity index (χ2n) is 4.70. The van der Waals surface area contributed by atoms with Crippen molar-refractivity contribution in [2.45, 2.75) is 25.3 Å².